The van der Waals surface area contributed by atoms with Crippen LogP contribution in [-0.2, 0) is 7.05 Å². The number of anilines is 1. The predicted molar refractivity (Wildman–Crippen MR) is 129 cm³/mol. The van der Waals surface area contributed by atoms with E-state index in [9.17, 15) is 10.1 Å². The molecule has 1 aliphatic rings. The molecule has 0 saturated carbocycles. The Kier molecular flexibility index (Phi) is 6.43. The lowest BCUT2D eigenvalue weighted by molar-refractivity contribution is 0.101. The molecule has 3 aromatic heterocycles. The van der Waals surface area contributed by atoms with Gasteiger partial charge in [-0.1, -0.05) is 19.9 Å². The quantitative estimate of drug-likeness (QED) is 0.595. The third kappa shape index (κ3) is 4.21. The molecular weight excluding hydrogens is 414 g/mol. The fourth-order valence-corrected chi connectivity index (χ4v) is 4.81. The molecule has 3 atom stereocenters. The van der Waals surface area contributed by atoms with Crippen LogP contribution in [0, 0.1) is 18.3 Å². The van der Waals surface area contributed by atoms with Crippen molar-refractivity contribution in [3.8, 4) is 6.07 Å². The molecule has 0 aliphatic carbocycles. The average Bonchev–Trinajstić information content (AvgIpc) is 2.85. The smallest absolute Gasteiger partial charge is 0.349 e. The highest BCUT2D eigenvalue weighted by molar-refractivity contribution is 5.86. The van der Waals surface area contributed by atoms with Crippen LogP contribution >= 0.6 is 0 Å². The van der Waals surface area contributed by atoms with Crippen LogP contribution in [0.25, 0.3) is 11.0 Å². The molecule has 0 N–H and O–H groups in total. The van der Waals surface area contributed by atoms with Crippen molar-refractivity contribution in [3.05, 3.63) is 57.9 Å². The van der Waals surface area contributed by atoms with Crippen LogP contribution in [-0.4, -0.2) is 49.6 Å². The van der Waals surface area contributed by atoms with Gasteiger partial charge in [-0.05, 0) is 50.5 Å². The highest BCUT2D eigenvalue weighted by atomic mass is 16.1. The van der Waals surface area contributed by atoms with E-state index in [0.29, 0.717) is 22.5 Å². The Hall–Kier alpha value is -3.31. The summed E-state index contributed by atoms with van der Waals surface area (Å²) >= 11 is 0. The minimum absolute atomic E-state index is 0.170. The van der Waals surface area contributed by atoms with E-state index in [4.69, 9.17) is 0 Å². The molecule has 172 valence electrons. The lowest BCUT2D eigenvalue weighted by Gasteiger charge is -2.49. The third-order valence-corrected chi connectivity index (χ3v) is 6.92. The van der Waals surface area contributed by atoms with Crippen LogP contribution in [0.2, 0.25) is 0 Å². The highest BCUT2D eigenvalue weighted by Crippen LogP contribution is 2.33. The van der Waals surface area contributed by atoms with Gasteiger partial charge in [0.05, 0.1) is 5.52 Å². The Morgan fingerprint density at radius 3 is 2.52 bits per heavy atom. The van der Waals surface area contributed by atoms with E-state index < -0.39 is 0 Å². The summed E-state index contributed by atoms with van der Waals surface area (Å²) in [4.78, 5) is 31.0. The van der Waals surface area contributed by atoms with Gasteiger partial charge in [-0.15, -0.1) is 0 Å². The van der Waals surface area contributed by atoms with Gasteiger partial charge in [0.1, 0.15) is 17.3 Å². The molecule has 1 saturated heterocycles. The van der Waals surface area contributed by atoms with Crippen molar-refractivity contribution in [1.82, 2.24) is 24.4 Å². The molecule has 1 aliphatic heterocycles. The molecule has 4 heterocycles. The number of nitriles is 1. The minimum Gasteiger partial charge on any atom is -0.349 e. The number of aromatic nitrogens is 4. The monoisotopic (exact) mass is 445 g/mol. The largest absolute Gasteiger partial charge is 0.349 e. The summed E-state index contributed by atoms with van der Waals surface area (Å²) < 4.78 is 1.49. The van der Waals surface area contributed by atoms with Crippen molar-refractivity contribution in [1.29, 1.82) is 5.26 Å². The Morgan fingerprint density at radius 1 is 1.12 bits per heavy atom. The van der Waals surface area contributed by atoms with Crippen LogP contribution in [0.15, 0.2) is 35.3 Å². The van der Waals surface area contributed by atoms with Crippen LogP contribution in [0.5, 0.6) is 0 Å². The molecule has 8 nitrogen and oxygen atoms in total. The Labute approximate surface area is 194 Å². The zero-order chi connectivity index (χ0) is 23.7. The zero-order valence-electron chi connectivity index (χ0n) is 20.0. The number of hydrogen-bond donors (Lipinski definition) is 0. The SMILES string of the molecule is CC[C@H]1CN(C(C)c2ccc(C)nc2)[C@H](CC)CN1c1nc(=O)n(C)c2ccc(C#N)nc12. The summed E-state index contributed by atoms with van der Waals surface area (Å²) in [5.74, 6) is 0.583. The summed E-state index contributed by atoms with van der Waals surface area (Å²) in [5.41, 5.74) is 3.53. The van der Waals surface area contributed by atoms with Gasteiger partial charge >= 0.3 is 5.69 Å². The van der Waals surface area contributed by atoms with Crippen molar-refractivity contribution < 1.29 is 0 Å². The number of aryl methyl sites for hydroxylation is 2. The molecule has 8 heteroatoms. The summed E-state index contributed by atoms with van der Waals surface area (Å²) in [6, 6.07) is 10.5. The van der Waals surface area contributed by atoms with E-state index in [1.807, 2.05) is 13.1 Å². The molecule has 3 aromatic rings. The molecule has 0 spiro atoms. The van der Waals surface area contributed by atoms with E-state index in [1.54, 1.807) is 19.2 Å². The summed E-state index contributed by atoms with van der Waals surface area (Å²) in [7, 11) is 1.69. The Bertz CT molecular complexity index is 1240. The number of piperazine rings is 1. The van der Waals surface area contributed by atoms with E-state index in [2.05, 4.69) is 63.7 Å². The van der Waals surface area contributed by atoms with Gasteiger partial charge in [-0.25, -0.2) is 9.78 Å². The number of nitrogens with zero attached hydrogens (tertiary/aromatic N) is 7. The highest BCUT2D eigenvalue weighted by Gasteiger charge is 2.36. The predicted octanol–water partition coefficient (Wildman–Crippen LogP) is 3.34. The van der Waals surface area contributed by atoms with E-state index in [1.165, 1.54) is 10.1 Å². The normalized spacial score (nSPS) is 20.1. The van der Waals surface area contributed by atoms with Crippen LogP contribution in [0.4, 0.5) is 5.82 Å². The molecule has 0 amide bonds. The first kappa shape index (κ1) is 22.9. The standard InChI is InChI=1S/C25H31N7O/c1-6-20-15-32(21(7-2)14-31(20)17(4)18-9-8-16(3)27-13-18)24-23-22(30(5)25(33)29-24)11-10-19(12-26)28-23/h8-11,13,17,20-21H,6-7,14-15H2,1-5H3/t17?,20-,21+/m1/s1. The molecule has 1 fully saturated rings. The Balaban J connectivity index is 1.75. The fourth-order valence-electron chi connectivity index (χ4n) is 4.81. The fraction of sp³-hybridized carbons (Fsp3) is 0.480. The van der Waals surface area contributed by atoms with Crippen molar-refractivity contribution in [2.24, 2.45) is 7.05 Å². The lowest BCUT2D eigenvalue weighted by Crippen LogP contribution is -2.59. The number of hydrogen-bond acceptors (Lipinski definition) is 7. The topological polar surface area (TPSA) is 90.9 Å². The molecule has 1 unspecified atom stereocenters. The molecular formula is C25H31N7O. The number of pyridine rings is 2. The van der Waals surface area contributed by atoms with Gasteiger partial charge in [0.25, 0.3) is 0 Å². The second kappa shape index (κ2) is 9.28. The first-order chi connectivity index (χ1) is 15.9. The van der Waals surface area contributed by atoms with E-state index >= 15 is 0 Å². The zero-order valence-corrected chi connectivity index (χ0v) is 20.0. The molecule has 0 aromatic carbocycles. The van der Waals surface area contributed by atoms with Crippen molar-refractivity contribution in [3.63, 3.8) is 0 Å². The Morgan fingerprint density at radius 2 is 1.88 bits per heavy atom. The van der Waals surface area contributed by atoms with Crippen LogP contribution in [0.3, 0.4) is 0 Å². The van der Waals surface area contributed by atoms with Gasteiger partial charge in [0.2, 0.25) is 0 Å². The maximum Gasteiger partial charge on any atom is 0.349 e. The first-order valence-electron chi connectivity index (χ1n) is 11.6. The molecule has 0 bridgehead atoms. The van der Waals surface area contributed by atoms with Crippen molar-refractivity contribution in [2.75, 3.05) is 18.0 Å². The lowest BCUT2D eigenvalue weighted by atomic mass is 9.97. The van der Waals surface area contributed by atoms with Gasteiger partial charge in [0, 0.05) is 50.2 Å². The van der Waals surface area contributed by atoms with Gasteiger partial charge in [0.15, 0.2) is 5.82 Å². The van der Waals surface area contributed by atoms with Crippen molar-refractivity contribution >= 4 is 16.9 Å². The maximum atomic E-state index is 12.7. The third-order valence-electron chi connectivity index (χ3n) is 6.92. The maximum absolute atomic E-state index is 12.7. The summed E-state index contributed by atoms with van der Waals surface area (Å²) in [6.07, 6.45) is 3.85. The molecule has 0 radical (unpaired) electrons. The van der Waals surface area contributed by atoms with Crippen molar-refractivity contribution in [2.45, 2.75) is 58.7 Å². The number of rotatable bonds is 5. The summed E-state index contributed by atoms with van der Waals surface area (Å²) in [5, 5.41) is 9.39. The van der Waals surface area contributed by atoms with Gasteiger partial charge in [-0.3, -0.25) is 14.5 Å². The summed E-state index contributed by atoms with van der Waals surface area (Å²) in [6.45, 7) is 10.2. The minimum atomic E-state index is -0.312. The van der Waals surface area contributed by atoms with Gasteiger partial charge < -0.3 is 4.90 Å². The molecule has 4 rings (SSSR count). The van der Waals surface area contributed by atoms with E-state index in [0.717, 1.165) is 31.6 Å². The van der Waals surface area contributed by atoms with E-state index in [-0.39, 0.29) is 23.8 Å². The first-order valence-corrected chi connectivity index (χ1v) is 11.6. The van der Waals surface area contributed by atoms with Gasteiger partial charge in [-0.2, -0.15) is 10.2 Å². The van der Waals surface area contributed by atoms with Crippen LogP contribution < -0.4 is 10.6 Å². The van der Waals surface area contributed by atoms with Crippen LogP contribution in [0.1, 0.15) is 56.6 Å². The average molecular weight is 446 g/mol. The second-order valence-electron chi connectivity index (χ2n) is 8.84. The molecule has 33 heavy (non-hydrogen) atoms. The second-order valence-corrected chi connectivity index (χ2v) is 8.84. The number of fused-ring (bicyclic) bond motifs is 1.